The van der Waals surface area contributed by atoms with E-state index in [1.165, 1.54) is 19.3 Å². The first kappa shape index (κ1) is 19.2. The minimum atomic E-state index is -0.108. The predicted octanol–water partition coefficient (Wildman–Crippen LogP) is 1.55. The Labute approximate surface area is 162 Å². The summed E-state index contributed by atoms with van der Waals surface area (Å²) in [7, 11) is 0. The van der Waals surface area contributed by atoms with Crippen molar-refractivity contribution in [3.05, 3.63) is 0 Å². The van der Waals surface area contributed by atoms with Crippen LogP contribution in [0.25, 0.3) is 0 Å². The SMILES string of the molecule is O=C(CCNC(=O)C12CC3CC(CC(C3)C1)C2)NCCCN1CCOCC1. The topological polar surface area (TPSA) is 70.7 Å². The molecule has 6 heteroatoms. The molecule has 1 aliphatic heterocycles. The molecule has 1 heterocycles. The summed E-state index contributed by atoms with van der Waals surface area (Å²) >= 11 is 0. The van der Waals surface area contributed by atoms with Gasteiger partial charge in [0.05, 0.1) is 13.2 Å². The number of carbonyl (C=O) groups excluding carboxylic acids is 2. The summed E-state index contributed by atoms with van der Waals surface area (Å²) < 4.78 is 5.34. The van der Waals surface area contributed by atoms with E-state index in [2.05, 4.69) is 15.5 Å². The molecular formula is C21H35N3O3. The Kier molecular flexibility index (Phi) is 6.02. The maximum Gasteiger partial charge on any atom is 0.226 e. The fourth-order valence-corrected chi connectivity index (χ4v) is 6.31. The van der Waals surface area contributed by atoms with E-state index >= 15 is 0 Å². The van der Waals surface area contributed by atoms with Crippen LogP contribution in [-0.2, 0) is 14.3 Å². The van der Waals surface area contributed by atoms with Crippen molar-refractivity contribution >= 4 is 11.8 Å². The zero-order chi connectivity index (χ0) is 18.7. The van der Waals surface area contributed by atoms with Crippen LogP contribution in [0.3, 0.4) is 0 Å². The molecule has 5 fully saturated rings. The zero-order valence-corrected chi connectivity index (χ0v) is 16.5. The minimum Gasteiger partial charge on any atom is -0.379 e. The van der Waals surface area contributed by atoms with Crippen molar-refractivity contribution < 1.29 is 14.3 Å². The van der Waals surface area contributed by atoms with Crippen molar-refractivity contribution in [2.75, 3.05) is 45.9 Å². The van der Waals surface area contributed by atoms with Gasteiger partial charge in [0.25, 0.3) is 0 Å². The molecule has 27 heavy (non-hydrogen) atoms. The highest BCUT2D eigenvalue weighted by atomic mass is 16.5. The Morgan fingerprint density at radius 2 is 1.56 bits per heavy atom. The van der Waals surface area contributed by atoms with Crippen molar-refractivity contribution in [2.24, 2.45) is 23.2 Å². The van der Waals surface area contributed by atoms with Gasteiger partial charge in [0, 0.05) is 38.0 Å². The second-order valence-electron chi connectivity index (χ2n) is 9.36. The third-order valence-electron chi connectivity index (χ3n) is 7.23. The van der Waals surface area contributed by atoms with E-state index in [-0.39, 0.29) is 17.2 Å². The Balaban J connectivity index is 1.11. The lowest BCUT2D eigenvalue weighted by Crippen LogP contribution is -2.53. The molecule has 5 aliphatic rings. The molecule has 6 nitrogen and oxygen atoms in total. The molecule has 0 radical (unpaired) electrons. The van der Waals surface area contributed by atoms with Gasteiger partial charge < -0.3 is 15.4 Å². The highest BCUT2D eigenvalue weighted by Gasteiger charge is 2.54. The molecule has 0 aromatic rings. The number of morpholine rings is 1. The quantitative estimate of drug-likeness (QED) is 0.630. The van der Waals surface area contributed by atoms with Gasteiger partial charge in [-0.05, 0) is 69.2 Å². The Morgan fingerprint density at radius 3 is 2.19 bits per heavy atom. The molecule has 0 atom stereocenters. The fraction of sp³-hybridized carbons (Fsp3) is 0.905. The lowest BCUT2D eigenvalue weighted by Gasteiger charge is -2.55. The van der Waals surface area contributed by atoms with E-state index < -0.39 is 0 Å². The molecule has 152 valence electrons. The van der Waals surface area contributed by atoms with Crippen LogP contribution in [0, 0.1) is 23.2 Å². The van der Waals surface area contributed by atoms with E-state index in [0.717, 1.165) is 76.3 Å². The number of hydrogen-bond donors (Lipinski definition) is 2. The van der Waals surface area contributed by atoms with Crippen molar-refractivity contribution in [1.29, 1.82) is 0 Å². The molecule has 4 bridgehead atoms. The molecule has 0 unspecified atom stereocenters. The van der Waals surface area contributed by atoms with Crippen LogP contribution in [-0.4, -0.2) is 62.7 Å². The predicted molar refractivity (Wildman–Crippen MR) is 103 cm³/mol. The van der Waals surface area contributed by atoms with Crippen LogP contribution in [0.15, 0.2) is 0 Å². The van der Waals surface area contributed by atoms with E-state index in [0.29, 0.717) is 19.5 Å². The van der Waals surface area contributed by atoms with Gasteiger partial charge in [0.1, 0.15) is 0 Å². The van der Waals surface area contributed by atoms with E-state index in [4.69, 9.17) is 4.74 Å². The maximum atomic E-state index is 12.9. The lowest BCUT2D eigenvalue weighted by molar-refractivity contribution is -0.146. The van der Waals surface area contributed by atoms with Crippen molar-refractivity contribution in [2.45, 2.75) is 51.4 Å². The van der Waals surface area contributed by atoms with Crippen LogP contribution in [0.1, 0.15) is 51.4 Å². The highest BCUT2D eigenvalue weighted by Crippen LogP contribution is 2.60. The summed E-state index contributed by atoms with van der Waals surface area (Å²) in [4.78, 5) is 27.3. The summed E-state index contributed by atoms with van der Waals surface area (Å²) in [6, 6.07) is 0. The van der Waals surface area contributed by atoms with Crippen LogP contribution < -0.4 is 10.6 Å². The van der Waals surface area contributed by atoms with Crippen molar-refractivity contribution in [3.8, 4) is 0 Å². The van der Waals surface area contributed by atoms with Gasteiger partial charge in [0.15, 0.2) is 0 Å². The number of nitrogens with zero attached hydrogens (tertiary/aromatic N) is 1. The maximum absolute atomic E-state index is 12.9. The minimum absolute atomic E-state index is 0.0442. The average Bonchev–Trinajstić information content (AvgIpc) is 2.65. The zero-order valence-electron chi connectivity index (χ0n) is 16.5. The van der Waals surface area contributed by atoms with Crippen LogP contribution in [0.4, 0.5) is 0 Å². The van der Waals surface area contributed by atoms with Gasteiger partial charge in [-0.15, -0.1) is 0 Å². The van der Waals surface area contributed by atoms with Crippen LogP contribution in [0.2, 0.25) is 0 Å². The first-order valence-electron chi connectivity index (χ1n) is 11.0. The first-order valence-corrected chi connectivity index (χ1v) is 11.0. The number of hydrogen-bond acceptors (Lipinski definition) is 4. The molecular weight excluding hydrogens is 342 g/mol. The summed E-state index contributed by atoms with van der Waals surface area (Å²) in [5, 5.41) is 6.07. The van der Waals surface area contributed by atoms with Gasteiger partial charge in [-0.1, -0.05) is 0 Å². The number of amides is 2. The van der Waals surface area contributed by atoms with Crippen molar-refractivity contribution in [3.63, 3.8) is 0 Å². The highest BCUT2D eigenvalue weighted by molar-refractivity contribution is 5.84. The average molecular weight is 378 g/mol. The Bertz CT molecular complexity index is 510. The molecule has 2 N–H and O–H groups in total. The molecule has 0 spiro atoms. The number of carbonyl (C=O) groups is 2. The summed E-state index contributed by atoms with van der Waals surface area (Å²) in [5.74, 6) is 2.59. The van der Waals surface area contributed by atoms with Gasteiger partial charge in [-0.25, -0.2) is 0 Å². The second kappa shape index (κ2) is 8.48. The number of nitrogens with one attached hydrogen (secondary N) is 2. The molecule has 0 aromatic carbocycles. The second-order valence-corrected chi connectivity index (χ2v) is 9.36. The smallest absolute Gasteiger partial charge is 0.226 e. The lowest BCUT2D eigenvalue weighted by atomic mass is 9.49. The molecule has 0 aromatic heterocycles. The van der Waals surface area contributed by atoms with Crippen LogP contribution >= 0.6 is 0 Å². The third kappa shape index (κ3) is 4.65. The standard InChI is InChI=1S/C21H35N3O3/c25-19(22-3-1-5-24-6-8-27-9-7-24)2-4-23-20(26)21-13-16-10-17(14-21)12-18(11-16)15-21/h16-18H,1-15H2,(H,22,25)(H,23,26). The Morgan fingerprint density at radius 1 is 0.926 bits per heavy atom. The number of ether oxygens (including phenoxy) is 1. The van der Waals surface area contributed by atoms with E-state index in [1.807, 2.05) is 0 Å². The molecule has 1 saturated heterocycles. The summed E-state index contributed by atoms with van der Waals surface area (Å²) in [6.45, 7) is 5.79. The fourth-order valence-electron chi connectivity index (χ4n) is 6.31. The van der Waals surface area contributed by atoms with Gasteiger partial charge >= 0.3 is 0 Å². The van der Waals surface area contributed by atoms with Gasteiger partial charge in [-0.3, -0.25) is 14.5 Å². The monoisotopic (exact) mass is 377 g/mol. The number of rotatable bonds is 8. The first-order chi connectivity index (χ1) is 13.1. The summed E-state index contributed by atoms with van der Waals surface area (Å²) in [5.41, 5.74) is -0.108. The van der Waals surface area contributed by atoms with Gasteiger partial charge in [0.2, 0.25) is 11.8 Å². The van der Waals surface area contributed by atoms with Crippen LogP contribution in [0.5, 0.6) is 0 Å². The molecule has 4 saturated carbocycles. The van der Waals surface area contributed by atoms with E-state index in [1.54, 1.807) is 0 Å². The largest absolute Gasteiger partial charge is 0.379 e. The van der Waals surface area contributed by atoms with E-state index in [9.17, 15) is 9.59 Å². The normalized spacial score (nSPS) is 35.2. The molecule has 5 rings (SSSR count). The van der Waals surface area contributed by atoms with Gasteiger partial charge in [-0.2, -0.15) is 0 Å². The third-order valence-corrected chi connectivity index (χ3v) is 7.23. The van der Waals surface area contributed by atoms with Crippen molar-refractivity contribution in [1.82, 2.24) is 15.5 Å². The molecule has 4 aliphatic carbocycles. The molecule has 2 amide bonds. The Hall–Kier alpha value is -1.14. The summed E-state index contributed by atoms with van der Waals surface area (Å²) in [6.07, 6.45) is 8.63.